The Balaban J connectivity index is -0.0000000910. The zero-order valence-electron chi connectivity index (χ0n) is 4.32. The van der Waals surface area contributed by atoms with Crippen LogP contribution in [0.4, 0.5) is 4.79 Å². The minimum atomic E-state index is -5.11. The summed E-state index contributed by atoms with van der Waals surface area (Å²) in [6.45, 7) is 0. The van der Waals surface area contributed by atoms with Crippen molar-refractivity contribution in [1.82, 2.24) is 0 Å². The molecule has 0 aliphatic carbocycles. The van der Waals surface area contributed by atoms with Gasteiger partial charge in [0.1, 0.15) is 9.05 Å². The van der Waals surface area contributed by atoms with Crippen molar-refractivity contribution in [3.63, 3.8) is 0 Å². The van der Waals surface area contributed by atoms with E-state index in [0.717, 1.165) is 0 Å². The van der Waals surface area contributed by atoms with Gasteiger partial charge in [0.15, 0.2) is 0 Å². The first-order valence-electron chi connectivity index (χ1n) is 1.51. The quantitative estimate of drug-likeness (QED) is 0.308. The molecule has 4 N–H and O–H groups in total. The summed E-state index contributed by atoms with van der Waals surface area (Å²) < 4.78 is 0. The van der Waals surface area contributed by atoms with Crippen LogP contribution in [0.5, 0.6) is 0 Å². The average molecular weight is 220 g/mol. The van der Waals surface area contributed by atoms with E-state index in [1.165, 1.54) is 0 Å². The molecule has 0 fully saturated rings. The van der Waals surface area contributed by atoms with Crippen LogP contribution in [-0.2, 0) is 17.1 Å². The molecule has 0 aromatic heterocycles. The molecule has 0 amide bonds. The average Bonchev–Trinajstić information content (AvgIpc) is 1.19. The van der Waals surface area contributed by atoms with Crippen LogP contribution in [0.3, 0.4) is 0 Å². The third-order valence-corrected chi connectivity index (χ3v) is 0. The summed E-state index contributed by atoms with van der Waals surface area (Å²) in [5.74, 6) is 0. The van der Waals surface area contributed by atoms with E-state index in [-0.39, 0.29) is 17.1 Å². The molecule has 1 radical (unpaired) electrons. The van der Waals surface area contributed by atoms with E-state index in [4.69, 9.17) is 34.2 Å². The van der Waals surface area contributed by atoms with Crippen molar-refractivity contribution < 1.29 is 51.3 Å². The molecule has 9 heteroatoms. The van der Waals surface area contributed by atoms with E-state index < -0.39 is 15.2 Å². The van der Waals surface area contributed by atoms with Crippen LogP contribution in [0.2, 0.25) is 0 Å². The molecule has 0 saturated heterocycles. The molecule has 65 valence electrons. The fourth-order valence-electron chi connectivity index (χ4n) is 0. The Morgan fingerprint density at radius 3 is 1.20 bits per heavy atom. The van der Waals surface area contributed by atoms with Gasteiger partial charge in [0, 0.05) is 0 Å². The summed E-state index contributed by atoms with van der Waals surface area (Å²) in [6, 6.07) is 0. The summed E-state index contributed by atoms with van der Waals surface area (Å²) in [7, 11) is -5.11. The van der Waals surface area contributed by atoms with E-state index in [1.54, 1.807) is 0 Å². The van der Waals surface area contributed by atoms with Gasteiger partial charge in [-0.05, 0) is 0 Å². The first kappa shape index (κ1) is 16.4. The van der Waals surface area contributed by atoms with E-state index in [0.29, 0.717) is 0 Å². The summed E-state index contributed by atoms with van der Waals surface area (Å²) in [6.07, 6.45) is -1.83. The molecule has 0 aromatic carbocycles. The Kier molecular flexibility index (Phi) is 11.4. The maximum Gasteiger partial charge on any atom is 2.00 e. The van der Waals surface area contributed by atoms with Gasteiger partial charge in [-0.1, -0.05) is 0 Å². The summed E-state index contributed by atoms with van der Waals surface area (Å²) in [5, 5.41) is 13.9. The Hall–Kier alpha value is -0.154. The van der Waals surface area contributed by atoms with Crippen molar-refractivity contribution in [2.24, 2.45) is 0 Å². The Morgan fingerprint density at radius 2 is 1.20 bits per heavy atom. The van der Waals surface area contributed by atoms with Gasteiger partial charge in [-0.2, -0.15) is 0 Å². The molecule has 0 unspecified atom stereocenters. The fraction of sp³-hybridized carbons (Fsp3) is 0. The molecule has 10 heavy (non-hydrogen) atoms. The monoisotopic (exact) mass is 219 g/mol. The van der Waals surface area contributed by atoms with E-state index in [2.05, 4.69) is 0 Å². The standard InChI is InChI=1S/CH2O3.Cu.H2O4Si/c2-1(3)4;;1-5(2,3)4/h(H2,2,3,4);;1-2H/q;+2;-2. The van der Waals surface area contributed by atoms with Crippen molar-refractivity contribution in [3.8, 4) is 0 Å². The van der Waals surface area contributed by atoms with Gasteiger partial charge < -0.3 is 29.4 Å². The molecule has 0 saturated carbocycles. The molecule has 0 aliphatic heterocycles. The SMILES string of the molecule is O=C(O)O.[Cu+2].[O-][Si]([O-])(O)O. The number of hydrogen-bond donors (Lipinski definition) is 4. The minimum absolute atomic E-state index is 0. The number of rotatable bonds is 0. The van der Waals surface area contributed by atoms with Gasteiger partial charge in [0.2, 0.25) is 0 Å². The summed E-state index contributed by atoms with van der Waals surface area (Å²) in [4.78, 5) is 40.4. The van der Waals surface area contributed by atoms with Crippen LogP contribution < -0.4 is 9.59 Å². The van der Waals surface area contributed by atoms with Crippen LogP contribution in [0.15, 0.2) is 0 Å². The van der Waals surface area contributed by atoms with Crippen LogP contribution >= 0.6 is 0 Å². The molecule has 0 rings (SSSR count). The van der Waals surface area contributed by atoms with E-state index >= 15 is 0 Å². The first-order valence-corrected chi connectivity index (χ1v) is 3.22. The number of hydrogen-bond acceptors (Lipinski definition) is 5. The van der Waals surface area contributed by atoms with Crippen molar-refractivity contribution >= 4 is 15.2 Å². The number of carbonyl (C=O) groups is 1. The molecule has 0 aromatic rings. The fourth-order valence-corrected chi connectivity index (χ4v) is 0. The topological polar surface area (TPSA) is 144 Å². The summed E-state index contributed by atoms with van der Waals surface area (Å²) >= 11 is 0. The van der Waals surface area contributed by atoms with Crippen LogP contribution in [0.25, 0.3) is 0 Å². The molecular weight excluding hydrogens is 216 g/mol. The van der Waals surface area contributed by atoms with Gasteiger partial charge in [-0.25, -0.2) is 4.79 Å². The maximum atomic E-state index is 8.80. The normalized spacial score (nSPS) is 8.40. The molecule has 0 bridgehead atoms. The Morgan fingerprint density at radius 1 is 1.20 bits per heavy atom. The number of carboxylic acid groups (broad SMARTS) is 2. The Labute approximate surface area is 67.1 Å². The van der Waals surface area contributed by atoms with Crippen LogP contribution in [0.1, 0.15) is 0 Å². The zero-order valence-corrected chi connectivity index (χ0v) is 6.26. The van der Waals surface area contributed by atoms with Gasteiger partial charge in [0.25, 0.3) is 0 Å². The van der Waals surface area contributed by atoms with E-state index in [9.17, 15) is 0 Å². The predicted octanol–water partition coefficient (Wildman–Crippen LogP) is -3.65. The van der Waals surface area contributed by atoms with Gasteiger partial charge >= 0.3 is 23.2 Å². The van der Waals surface area contributed by atoms with Crippen LogP contribution in [-0.4, -0.2) is 35.0 Å². The van der Waals surface area contributed by atoms with Crippen molar-refractivity contribution in [3.05, 3.63) is 0 Å². The van der Waals surface area contributed by atoms with Gasteiger partial charge in [-0.3, -0.25) is 0 Å². The van der Waals surface area contributed by atoms with Crippen LogP contribution in [0, 0.1) is 0 Å². The molecule has 0 heterocycles. The molecular formula is CH4CuO7Si. The van der Waals surface area contributed by atoms with Crippen molar-refractivity contribution in [1.29, 1.82) is 0 Å². The smallest absolute Gasteiger partial charge is 0.828 e. The molecule has 0 aliphatic rings. The second-order valence-corrected chi connectivity index (χ2v) is 1.93. The molecule has 7 nitrogen and oxygen atoms in total. The first-order chi connectivity index (χ1) is 3.73. The minimum Gasteiger partial charge on any atom is -0.828 e. The third-order valence-electron chi connectivity index (χ3n) is 0. The largest absolute Gasteiger partial charge is 2.00 e. The second kappa shape index (κ2) is 6.96. The molecule has 0 spiro atoms. The third kappa shape index (κ3) is 15600. The van der Waals surface area contributed by atoms with E-state index in [1.807, 2.05) is 0 Å². The Bertz CT molecular complexity index is 76.1. The van der Waals surface area contributed by atoms with Crippen molar-refractivity contribution in [2.75, 3.05) is 0 Å². The second-order valence-electron chi connectivity index (χ2n) is 0.831. The predicted molar refractivity (Wildman–Crippen MR) is 20.8 cm³/mol. The molecule has 0 atom stereocenters. The summed E-state index contributed by atoms with van der Waals surface area (Å²) in [5.41, 5.74) is 0. The maximum absolute atomic E-state index is 8.80. The zero-order chi connectivity index (χ0) is 8.08. The van der Waals surface area contributed by atoms with Gasteiger partial charge in [0.05, 0.1) is 0 Å². The van der Waals surface area contributed by atoms with Gasteiger partial charge in [-0.15, -0.1) is 0 Å². The van der Waals surface area contributed by atoms with Crippen molar-refractivity contribution in [2.45, 2.75) is 0 Å².